The Balaban J connectivity index is 2.24. The van der Waals surface area contributed by atoms with Gasteiger partial charge in [-0.25, -0.2) is 9.13 Å². The fourth-order valence-corrected chi connectivity index (χ4v) is 8.62. The molecule has 0 fully saturated rings. The summed E-state index contributed by atoms with van der Waals surface area (Å²) in [7, 11) is 0. The van der Waals surface area contributed by atoms with Gasteiger partial charge in [-0.15, -0.1) is 0 Å². The Morgan fingerprint density at radius 3 is 0.906 bits per heavy atom. The van der Waals surface area contributed by atoms with Gasteiger partial charge in [-0.2, -0.15) is 0 Å². The monoisotopic (exact) mass is 742 g/mol. The van der Waals surface area contributed by atoms with Gasteiger partial charge in [-0.05, 0) is 32.1 Å². The summed E-state index contributed by atoms with van der Waals surface area (Å²) in [6, 6.07) is 0. The average Bonchev–Trinajstić information content (AvgIpc) is 3.55. The van der Waals surface area contributed by atoms with Gasteiger partial charge in [0.15, 0.2) is 0 Å². The van der Waals surface area contributed by atoms with E-state index < -0.39 is 0 Å². The maximum absolute atomic E-state index is 2.66. The topological polar surface area (TPSA) is 8.81 Å². The van der Waals surface area contributed by atoms with Gasteiger partial charge in [0.25, 0.3) is 5.82 Å². The molecule has 0 aromatic carbocycles. The van der Waals surface area contributed by atoms with E-state index in [2.05, 4.69) is 42.3 Å². The molecule has 0 N–H and O–H groups in total. The highest BCUT2D eigenvalue weighted by molar-refractivity contribution is 4.84. The first kappa shape index (κ1) is 50.2. The molecule has 0 bridgehead atoms. The Morgan fingerprint density at radius 1 is 0.321 bits per heavy atom. The molecule has 1 rings (SSSR count). The van der Waals surface area contributed by atoms with Crippen LogP contribution in [-0.2, 0) is 19.5 Å². The first-order valence-corrected chi connectivity index (χ1v) is 25.4. The molecule has 0 aliphatic rings. The zero-order chi connectivity index (χ0) is 38.0. The summed E-state index contributed by atoms with van der Waals surface area (Å²) >= 11 is 0. The highest BCUT2D eigenvalue weighted by atomic mass is 15.1. The first-order chi connectivity index (χ1) is 26.3. The molecule has 0 amide bonds. The van der Waals surface area contributed by atoms with Crippen LogP contribution in [0.5, 0.6) is 0 Å². The van der Waals surface area contributed by atoms with E-state index in [1.54, 1.807) is 5.82 Å². The SMILES string of the molecule is CCCCCCCCCCCCCCCCCCCn1cc[n+](CCCCCCCCCCCCCC)c1CCCCCCCCCCCCCCC. The largest absolute Gasteiger partial charge is 0.256 e. The van der Waals surface area contributed by atoms with Crippen molar-refractivity contribution < 1.29 is 4.57 Å². The van der Waals surface area contributed by atoms with E-state index in [1.807, 2.05) is 0 Å². The van der Waals surface area contributed by atoms with E-state index in [0.717, 1.165) is 0 Å². The van der Waals surface area contributed by atoms with E-state index in [-0.39, 0.29) is 0 Å². The van der Waals surface area contributed by atoms with Crippen LogP contribution in [0.1, 0.15) is 296 Å². The molecule has 1 heterocycles. The lowest BCUT2D eigenvalue weighted by Crippen LogP contribution is -2.37. The van der Waals surface area contributed by atoms with Gasteiger partial charge in [0.05, 0.1) is 13.1 Å². The molecule has 0 saturated heterocycles. The smallest absolute Gasteiger partial charge is 0.234 e. The minimum atomic E-state index is 1.23. The molecule has 0 atom stereocenters. The van der Waals surface area contributed by atoms with Crippen LogP contribution in [-0.4, -0.2) is 4.57 Å². The average molecular weight is 742 g/mol. The first-order valence-electron chi connectivity index (χ1n) is 25.4. The minimum absolute atomic E-state index is 1.23. The van der Waals surface area contributed by atoms with Gasteiger partial charge in [-0.3, -0.25) is 0 Å². The van der Waals surface area contributed by atoms with Crippen molar-refractivity contribution in [2.75, 3.05) is 0 Å². The van der Waals surface area contributed by atoms with Crippen LogP contribution < -0.4 is 4.57 Å². The molecule has 2 nitrogen and oxygen atoms in total. The summed E-state index contributed by atoms with van der Waals surface area (Å²) in [5.74, 6) is 1.63. The molecule has 0 aliphatic heterocycles. The van der Waals surface area contributed by atoms with Gasteiger partial charge in [0.2, 0.25) is 0 Å². The summed E-state index contributed by atoms with van der Waals surface area (Å²) in [6.45, 7) is 9.42. The lowest BCUT2D eigenvalue weighted by Gasteiger charge is -2.07. The van der Waals surface area contributed by atoms with Crippen molar-refractivity contribution in [2.45, 2.75) is 310 Å². The zero-order valence-electron chi connectivity index (χ0n) is 37.4. The number of hydrogen-bond donors (Lipinski definition) is 0. The fraction of sp³-hybridized carbons (Fsp3) is 0.941. The molecular formula is C51H101N2+. The quantitative estimate of drug-likeness (QED) is 0.0465. The molecule has 2 heteroatoms. The molecule has 1 aromatic rings. The molecule has 0 spiro atoms. The van der Waals surface area contributed by atoms with Crippen LogP contribution in [0, 0.1) is 0 Å². The van der Waals surface area contributed by atoms with Crippen molar-refractivity contribution in [1.29, 1.82) is 0 Å². The van der Waals surface area contributed by atoms with Crippen molar-refractivity contribution in [3.8, 4) is 0 Å². The number of nitrogens with zero attached hydrogens (tertiary/aromatic N) is 2. The van der Waals surface area contributed by atoms with Gasteiger partial charge < -0.3 is 0 Å². The maximum Gasteiger partial charge on any atom is 0.256 e. The highest BCUT2D eigenvalue weighted by Gasteiger charge is 2.16. The number of rotatable bonds is 45. The van der Waals surface area contributed by atoms with Gasteiger partial charge in [0.1, 0.15) is 12.4 Å². The predicted molar refractivity (Wildman–Crippen MR) is 239 cm³/mol. The third-order valence-electron chi connectivity index (χ3n) is 12.3. The Labute approximate surface area is 336 Å². The normalized spacial score (nSPS) is 11.7. The summed E-state index contributed by atoms with van der Waals surface area (Å²) < 4.78 is 5.32. The standard InChI is InChI=1S/C51H101N2/c1-4-7-10-13-16-19-22-25-26-27-28-30-33-36-39-42-45-48-53-50-49-52(47-44-41-38-35-32-24-21-18-15-12-9-6-3)51(53)46-43-40-37-34-31-29-23-20-17-14-11-8-5-2/h49-50H,4-48H2,1-3H3/q+1. The predicted octanol–water partition coefficient (Wildman–Crippen LogP) is 17.8. The number of aromatic nitrogens is 2. The highest BCUT2D eigenvalue weighted by Crippen LogP contribution is 2.17. The van der Waals surface area contributed by atoms with Crippen molar-refractivity contribution in [3.05, 3.63) is 18.2 Å². The van der Waals surface area contributed by atoms with Crippen LogP contribution in [0.3, 0.4) is 0 Å². The van der Waals surface area contributed by atoms with Crippen molar-refractivity contribution >= 4 is 0 Å². The summed E-state index contributed by atoms with van der Waals surface area (Å²) in [4.78, 5) is 0. The van der Waals surface area contributed by atoms with Crippen LogP contribution >= 0.6 is 0 Å². The van der Waals surface area contributed by atoms with E-state index in [0.29, 0.717) is 0 Å². The van der Waals surface area contributed by atoms with Crippen LogP contribution in [0.2, 0.25) is 0 Å². The molecule has 0 saturated carbocycles. The minimum Gasteiger partial charge on any atom is -0.234 e. The lowest BCUT2D eigenvalue weighted by molar-refractivity contribution is -0.704. The van der Waals surface area contributed by atoms with Crippen molar-refractivity contribution in [2.24, 2.45) is 0 Å². The fourth-order valence-electron chi connectivity index (χ4n) is 8.62. The summed E-state index contributed by atoms with van der Waals surface area (Å²) in [6.07, 6.45) is 66.8. The Kier molecular flexibility index (Phi) is 40.1. The van der Waals surface area contributed by atoms with E-state index >= 15 is 0 Å². The van der Waals surface area contributed by atoms with E-state index in [4.69, 9.17) is 0 Å². The second-order valence-corrected chi connectivity index (χ2v) is 17.6. The second-order valence-electron chi connectivity index (χ2n) is 17.6. The summed E-state index contributed by atoms with van der Waals surface area (Å²) in [5.41, 5.74) is 0. The maximum atomic E-state index is 2.66. The number of unbranched alkanes of at least 4 members (excludes halogenated alkanes) is 39. The summed E-state index contributed by atoms with van der Waals surface area (Å²) in [5, 5.41) is 0. The van der Waals surface area contributed by atoms with Crippen LogP contribution in [0.25, 0.3) is 0 Å². The van der Waals surface area contributed by atoms with Gasteiger partial charge >= 0.3 is 0 Å². The lowest BCUT2D eigenvalue weighted by atomic mass is 10.0. The molecular weight excluding hydrogens is 641 g/mol. The second kappa shape index (κ2) is 42.4. The molecule has 0 radical (unpaired) electrons. The number of hydrogen-bond acceptors (Lipinski definition) is 0. The molecule has 1 aromatic heterocycles. The van der Waals surface area contributed by atoms with Crippen molar-refractivity contribution in [1.82, 2.24) is 4.57 Å². The van der Waals surface area contributed by atoms with Crippen LogP contribution in [0.15, 0.2) is 12.4 Å². The number of aryl methyl sites for hydroxylation is 2. The van der Waals surface area contributed by atoms with Crippen molar-refractivity contribution in [3.63, 3.8) is 0 Å². The Morgan fingerprint density at radius 2 is 0.585 bits per heavy atom. The third kappa shape index (κ3) is 34.2. The van der Waals surface area contributed by atoms with E-state index in [9.17, 15) is 0 Å². The molecule has 53 heavy (non-hydrogen) atoms. The molecule has 0 aliphatic carbocycles. The van der Waals surface area contributed by atoms with Gasteiger partial charge in [-0.1, -0.05) is 258 Å². The zero-order valence-corrected chi connectivity index (χ0v) is 37.4. The Hall–Kier alpha value is -0.790. The van der Waals surface area contributed by atoms with E-state index in [1.165, 1.54) is 289 Å². The Bertz CT molecular complexity index is 811. The molecule has 314 valence electrons. The van der Waals surface area contributed by atoms with Crippen LogP contribution in [0.4, 0.5) is 0 Å². The third-order valence-corrected chi connectivity index (χ3v) is 12.3. The number of imidazole rings is 1. The molecule has 0 unspecified atom stereocenters. The van der Waals surface area contributed by atoms with Gasteiger partial charge in [0, 0.05) is 6.42 Å².